The van der Waals surface area contributed by atoms with Crippen molar-refractivity contribution in [1.82, 2.24) is 5.32 Å². The van der Waals surface area contributed by atoms with Gasteiger partial charge in [0, 0.05) is 36.9 Å². The Morgan fingerprint density at radius 1 is 1.19 bits per heavy atom. The number of amides is 2. The van der Waals surface area contributed by atoms with Crippen molar-refractivity contribution >= 4 is 34.8 Å². The van der Waals surface area contributed by atoms with Crippen LogP contribution in [0.25, 0.3) is 0 Å². The minimum atomic E-state index is -0.669. The van der Waals surface area contributed by atoms with Crippen molar-refractivity contribution < 1.29 is 9.59 Å². The molecule has 1 aliphatic rings. The van der Waals surface area contributed by atoms with E-state index >= 15 is 0 Å². The Morgan fingerprint density at radius 2 is 1.88 bits per heavy atom. The maximum Gasteiger partial charge on any atom is 0.253 e. The van der Waals surface area contributed by atoms with Gasteiger partial charge in [-0.05, 0) is 57.7 Å². The van der Waals surface area contributed by atoms with Gasteiger partial charge in [-0.15, -0.1) is 11.6 Å². The zero-order valence-electron chi connectivity index (χ0n) is 16.0. The molecule has 1 saturated heterocycles. The number of carbonyl (C=O) groups excluding carboxylic acids is 2. The summed E-state index contributed by atoms with van der Waals surface area (Å²) in [7, 11) is 0. The fourth-order valence-electron chi connectivity index (χ4n) is 2.90. The molecule has 0 spiro atoms. The number of piperidine rings is 1. The van der Waals surface area contributed by atoms with Gasteiger partial charge < -0.3 is 15.5 Å². The molecule has 1 heterocycles. The zero-order chi connectivity index (χ0) is 19.2. The molecule has 6 heteroatoms. The fraction of sp³-hybridized carbons (Fsp3) is 0.600. The number of nitrogens with one attached hydrogen (secondary N) is 2. The Labute approximate surface area is 161 Å². The van der Waals surface area contributed by atoms with Gasteiger partial charge in [-0.2, -0.15) is 0 Å². The van der Waals surface area contributed by atoms with E-state index < -0.39 is 5.41 Å². The average molecular weight is 380 g/mol. The van der Waals surface area contributed by atoms with Gasteiger partial charge in [0.2, 0.25) is 5.91 Å². The largest absolute Gasteiger partial charge is 0.371 e. The molecule has 1 aromatic carbocycles. The molecule has 0 unspecified atom stereocenters. The third-order valence-electron chi connectivity index (χ3n) is 4.68. The highest BCUT2D eigenvalue weighted by Gasteiger charge is 2.27. The van der Waals surface area contributed by atoms with E-state index in [1.54, 1.807) is 19.9 Å². The lowest BCUT2D eigenvalue weighted by Gasteiger charge is -2.30. The molecule has 2 amide bonds. The molecule has 1 fully saturated rings. The van der Waals surface area contributed by atoms with Gasteiger partial charge >= 0.3 is 0 Å². The van der Waals surface area contributed by atoms with E-state index in [9.17, 15) is 9.59 Å². The van der Waals surface area contributed by atoms with Crippen molar-refractivity contribution in [2.75, 3.05) is 35.7 Å². The van der Waals surface area contributed by atoms with Gasteiger partial charge in [-0.1, -0.05) is 6.92 Å². The predicted molar refractivity (Wildman–Crippen MR) is 108 cm³/mol. The number of hydrogen-bond donors (Lipinski definition) is 2. The van der Waals surface area contributed by atoms with Gasteiger partial charge in [0.25, 0.3) is 5.91 Å². The van der Waals surface area contributed by atoms with Crippen LogP contribution in [0.5, 0.6) is 0 Å². The van der Waals surface area contributed by atoms with E-state index in [1.165, 1.54) is 6.42 Å². The molecule has 0 saturated carbocycles. The van der Waals surface area contributed by atoms with Crippen LogP contribution in [-0.4, -0.2) is 37.3 Å². The van der Waals surface area contributed by atoms with Crippen molar-refractivity contribution in [3.8, 4) is 0 Å². The van der Waals surface area contributed by atoms with Crippen LogP contribution in [0, 0.1) is 5.41 Å². The van der Waals surface area contributed by atoms with Crippen molar-refractivity contribution in [1.29, 1.82) is 0 Å². The normalized spacial score (nSPS) is 14.8. The number of nitrogens with zero attached hydrogens (tertiary/aromatic N) is 1. The summed E-state index contributed by atoms with van der Waals surface area (Å²) in [5.74, 6) is -0.0209. The Balaban J connectivity index is 2.29. The molecular formula is C20H30ClN3O2. The minimum absolute atomic E-state index is 0.0971. The third-order valence-corrected chi connectivity index (χ3v) is 5.35. The zero-order valence-corrected chi connectivity index (χ0v) is 16.8. The lowest BCUT2D eigenvalue weighted by Crippen LogP contribution is -2.34. The first-order valence-corrected chi connectivity index (χ1v) is 9.97. The standard InChI is InChI=1S/C20H30ClN3O2/c1-4-10-22-18(25)16-13-15(23-19(26)20(2,3)14-21)8-9-17(16)24-11-6-5-7-12-24/h8-9,13H,4-7,10-12,14H2,1-3H3,(H,22,25)(H,23,26). The maximum absolute atomic E-state index is 12.7. The summed E-state index contributed by atoms with van der Waals surface area (Å²) in [4.78, 5) is 27.3. The number of benzene rings is 1. The highest BCUT2D eigenvalue weighted by atomic mass is 35.5. The Bertz CT molecular complexity index is 640. The van der Waals surface area contributed by atoms with Crippen molar-refractivity contribution in [3.63, 3.8) is 0 Å². The van der Waals surface area contributed by atoms with Crippen molar-refractivity contribution in [2.45, 2.75) is 46.5 Å². The molecule has 1 aromatic rings. The van der Waals surface area contributed by atoms with Gasteiger partial charge in [0.05, 0.1) is 11.0 Å². The molecule has 2 rings (SSSR count). The van der Waals surface area contributed by atoms with Gasteiger partial charge in [-0.3, -0.25) is 9.59 Å². The molecule has 0 aliphatic carbocycles. The van der Waals surface area contributed by atoms with E-state index in [0.29, 0.717) is 17.8 Å². The van der Waals surface area contributed by atoms with E-state index in [4.69, 9.17) is 11.6 Å². The van der Waals surface area contributed by atoms with Crippen molar-refractivity contribution in [2.24, 2.45) is 5.41 Å². The Kier molecular flexibility index (Phi) is 7.33. The summed E-state index contributed by atoms with van der Waals surface area (Å²) in [6, 6.07) is 5.58. The highest BCUT2D eigenvalue weighted by Crippen LogP contribution is 2.28. The third kappa shape index (κ3) is 5.13. The minimum Gasteiger partial charge on any atom is -0.371 e. The molecule has 1 aliphatic heterocycles. The van der Waals surface area contributed by atoms with Crippen LogP contribution >= 0.6 is 11.6 Å². The first-order valence-electron chi connectivity index (χ1n) is 9.43. The van der Waals surface area contributed by atoms with Gasteiger partial charge in [0.1, 0.15) is 0 Å². The van der Waals surface area contributed by atoms with E-state index in [-0.39, 0.29) is 17.7 Å². The second-order valence-corrected chi connectivity index (χ2v) is 7.77. The lowest BCUT2D eigenvalue weighted by atomic mass is 9.95. The second-order valence-electron chi connectivity index (χ2n) is 7.51. The van der Waals surface area contributed by atoms with Crippen LogP contribution in [-0.2, 0) is 4.79 Å². The summed E-state index contributed by atoms with van der Waals surface area (Å²) in [6.45, 7) is 8.17. The van der Waals surface area contributed by atoms with E-state index in [0.717, 1.165) is 38.0 Å². The van der Waals surface area contributed by atoms with Crippen LogP contribution in [0.15, 0.2) is 18.2 Å². The molecule has 0 radical (unpaired) electrons. The van der Waals surface area contributed by atoms with E-state index in [1.807, 2.05) is 19.1 Å². The van der Waals surface area contributed by atoms with Crippen molar-refractivity contribution in [3.05, 3.63) is 23.8 Å². The number of carbonyl (C=O) groups is 2. The molecule has 26 heavy (non-hydrogen) atoms. The lowest BCUT2D eigenvalue weighted by molar-refractivity contribution is -0.122. The first-order chi connectivity index (χ1) is 12.4. The van der Waals surface area contributed by atoms with E-state index in [2.05, 4.69) is 15.5 Å². The molecular weight excluding hydrogens is 350 g/mol. The summed E-state index contributed by atoms with van der Waals surface area (Å²) >= 11 is 5.89. The molecule has 0 atom stereocenters. The quantitative estimate of drug-likeness (QED) is 0.703. The topological polar surface area (TPSA) is 61.4 Å². The summed E-state index contributed by atoms with van der Waals surface area (Å²) in [5, 5.41) is 5.84. The number of halogens is 1. The second kappa shape index (κ2) is 9.26. The number of rotatable bonds is 7. The maximum atomic E-state index is 12.7. The number of anilines is 2. The molecule has 5 nitrogen and oxygen atoms in total. The molecule has 144 valence electrons. The molecule has 0 bridgehead atoms. The van der Waals surface area contributed by atoms with Crippen LogP contribution in [0.4, 0.5) is 11.4 Å². The van der Waals surface area contributed by atoms with Crippen LogP contribution in [0.3, 0.4) is 0 Å². The van der Waals surface area contributed by atoms with Gasteiger partial charge in [-0.25, -0.2) is 0 Å². The molecule has 2 N–H and O–H groups in total. The Hall–Kier alpha value is -1.75. The highest BCUT2D eigenvalue weighted by molar-refractivity contribution is 6.20. The average Bonchev–Trinajstić information content (AvgIpc) is 2.66. The number of hydrogen-bond acceptors (Lipinski definition) is 3. The number of alkyl halides is 1. The summed E-state index contributed by atoms with van der Waals surface area (Å²) in [5.41, 5.74) is 1.50. The Morgan fingerprint density at radius 3 is 2.50 bits per heavy atom. The summed E-state index contributed by atoms with van der Waals surface area (Å²) < 4.78 is 0. The first kappa shape index (κ1) is 20.6. The SMILES string of the molecule is CCCNC(=O)c1cc(NC(=O)C(C)(C)CCl)ccc1N1CCCCC1. The van der Waals surface area contributed by atoms with Crippen LogP contribution < -0.4 is 15.5 Å². The predicted octanol–water partition coefficient (Wildman–Crippen LogP) is 4.02. The molecule has 0 aromatic heterocycles. The monoisotopic (exact) mass is 379 g/mol. The van der Waals surface area contributed by atoms with Crippen LogP contribution in [0.2, 0.25) is 0 Å². The van der Waals surface area contributed by atoms with Gasteiger partial charge in [0.15, 0.2) is 0 Å². The smallest absolute Gasteiger partial charge is 0.253 e. The summed E-state index contributed by atoms with van der Waals surface area (Å²) in [6.07, 6.45) is 4.39. The fourth-order valence-corrected chi connectivity index (χ4v) is 3.02. The van der Waals surface area contributed by atoms with Crippen LogP contribution in [0.1, 0.15) is 56.8 Å².